The molecule has 6 heteroatoms. The number of rotatable bonds is 6. The first-order valence-corrected chi connectivity index (χ1v) is 10.7. The minimum Gasteiger partial charge on any atom is -0.357 e. The van der Waals surface area contributed by atoms with Crippen molar-refractivity contribution in [3.8, 4) is 0 Å². The van der Waals surface area contributed by atoms with Crippen LogP contribution in [0, 0.1) is 0 Å². The van der Waals surface area contributed by atoms with Gasteiger partial charge in [-0.25, -0.2) is 0 Å². The van der Waals surface area contributed by atoms with E-state index in [1.165, 1.54) is 11.1 Å². The molecule has 4 nitrogen and oxygen atoms in total. The molecule has 0 amide bonds. The fourth-order valence-electron chi connectivity index (χ4n) is 3.19. The van der Waals surface area contributed by atoms with E-state index >= 15 is 0 Å². The number of aliphatic imine (C=N–C) groups is 1. The Morgan fingerprint density at radius 2 is 1.81 bits per heavy atom. The van der Waals surface area contributed by atoms with Crippen LogP contribution in [0.2, 0.25) is 0 Å². The first-order chi connectivity index (χ1) is 12.8. The molecule has 0 aromatic heterocycles. The zero-order valence-corrected chi connectivity index (χ0v) is 18.9. The fraction of sp³-hybridized carbons (Fsp3) is 0.381. The molecule has 1 aliphatic heterocycles. The molecular formula is C21H28IN3OS. The number of benzene rings is 2. The zero-order valence-electron chi connectivity index (χ0n) is 15.8. The first-order valence-electron chi connectivity index (χ1n) is 9.25. The van der Waals surface area contributed by atoms with Gasteiger partial charge in [-0.1, -0.05) is 54.6 Å². The lowest BCUT2D eigenvalue weighted by atomic mass is 10.0. The first kappa shape index (κ1) is 21.9. The molecule has 1 unspecified atom stereocenters. The van der Waals surface area contributed by atoms with Crippen molar-refractivity contribution in [2.24, 2.45) is 4.99 Å². The van der Waals surface area contributed by atoms with Gasteiger partial charge < -0.3 is 10.2 Å². The van der Waals surface area contributed by atoms with Crippen molar-refractivity contribution < 1.29 is 4.21 Å². The van der Waals surface area contributed by atoms with E-state index in [1.54, 1.807) is 0 Å². The Balaban J connectivity index is 0.00000261. The van der Waals surface area contributed by atoms with Gasteiger partial charge >= 0.3 is 0 Å². The van der Waals surface area contributed by atoms with Crippen molar-refractivity contribution in [1.29, 1.82) is 0 Å². The minimum absolute atomic E-state index is 0. The average Bonchev–Trinajstić information content (AvgIpc) is 2.68. The summed E-state index contributed by atoms with van der Waals surface area (Å²) in [6, 6.07) is 18.6. The van der Waals surface area contributed by atoms with Gasteiger partial charge in [-0.2, -0.15) is 0 Å². The normalized spacial score (nSPS) is 14.9. The summed E-state index contributed by atoms with van der Waals surface area (Å²) in [6.07, 6.45) is 1.04. The van der Waals surface area contributed by atoms with Crippen molar-refractivity contribution in [2.75, 3.05) is 25.4 Å². The molecule has 1 N–H and O–H groups in total. The van der Waals surface area contributed by atoms with Gasteiger partial charge in [0, 0.05) is 41.9 Å². The molecule has 146 valence electrons. The van der Waals surface area contributed by atoms with Crippen LogP contribution in [-0.4, -0.2) is 40.5 Å². The Bertz CT molecular complexity index is 767. The quantitative estimate of drug-likeness (QED) is 0.377. The summed E-state index contributed by atoms with van der Waals surface area (Å²) in [5, 5.41) is 3.38. The van der Waals surface area contributed by atoms with Gasteiger partial charge in [0.2, 0.25) is 0 Å². The van der Waals surface area contributed by atoms with Gasteiger partial charge in [-0.05, 0) is 30.0 Å². The second-order valence-corrected chi connectivity index (χ2v) is 8.03. The third-order valence-electron chi connectivity index (χ3n) is 4.52. The predicted molar refractivity (Wildman–Crippen MR) is 125 cm³/mol. The highest BCUT2D eigenvalue weighted by Gasteiger charge is 2.18. The summed E-state index contributed by atoms with van der Waals surface area (Å²) in [4.78, 5) is 7.03. The van der Waals surface area contributed by atoms with Crippen LogP contribution in [0.4, 0.5) is 0 Å². The predicted octanol–water partition coefficient (Wildman–Crippen LogP) is 3.58. The summed E-state index contributed by atoms with van der Waals surface area (Å²) in [5.41, 5.74) is 3.93. The van der Waals surface area contributed by atoms with E-state index in [0.29, 0.717) is 18.1 Å². The monoisotopic (exact) mass is 497 g/mol. The van der Waals surface area contributed by atoms with Gasteiger partial charge in [0.25, 0.3) is 0 Å². The highest BCUT2D eigenvalue weighted by Crippen LogP contribution is 2.18. The van der Waals surface area contributed by atoms with E-state index in [2.05, 4.69) is 41.4 Å². The topological polar surface area (TPSA) is 44.7 Å². The second-order valence-electron chi connectivity index (χ2n) is 6.45. The van der Waals surface area contributed by atoms with Gasteiger partial charge in [0.15, 0.2) is 5.96 Å². The van der Waals surface area contributed by atoms with Gasteiger partial charge in [0.05, 0.1) is 6.54 Å². The maximum absolute atomic E-state index is 12.3. The molecule has 1 atom stereocenters. The molecular weight excluding hydrogens is 469 g/mol. The summed E-state index contributed by atoms with van der Waals surface area (Å²) in [7, 11) is -0.886. The lowest BCUT2D eigenvalue weighted by molar-refractivity contribution is 0.379. The van der Waals surface area contributed by atoms with Gasteiger partial charge in [-0.3, -0.25) is 9.20 Å². The summed E-state index contributed by atoms with van der Waals surface area (Å²) < 4.78 is 12.3. The summed E-state index contributed by atoms with van der Waals surface area (Å²) in [6.45, 7) is 5.36. The van der Waals surface area contributed by atoms with E-state index in [9.17, 15) is 4.21 Å². The molecule has 1 aliphatic rings. The van der Waals surface area contributed by atoms with Crippen molar-refractivity contribution in [1.82, 2.24) is 10.2 Å². The van der Waals surface area contributed by atoms with Crippen LogP contribution in [0.15, 0.2) is 59.6 Å². The number of nitrogens with one attached hydrogen (secondary N) is 1. The largest absolute Gasteiger partial charge is 0.357 e. The van der Waals surface area contributed by atoms with Crippen LogP contribution >= 0.6 is 24.0 Å². The lowest BCUT2D eigenvalue weighted by Crippen LogP contribution is -2.44. The van der Waals surface area contributed by atoms with Crippen LogP contribution in [0.5, 0.6) is 0 Å². The lowest BCUT2D eigenvalue weighted by Gasteiger charge is -2.31. The number of fused-ring (bicyclic) bond motifs is 1. The van der Waals surface area contributed by atoms with Crippen molar-refractivity contribution >= 4 is 40.7 Å². The molecule has 0 fully saturated rings. The smallest absolute Gasteiger partial charge is 0.194 e. The fourth-order valence-corrected chi connectivity index (χ4v) is 4.19. The van der Waals surface area contributed by atoms with Gasteiger partial charge in [-0.15, -0.1) is 24.0 Å². The number of hydrogen-bond donors (Lipinski definition) is 1. The maximum Gasteiger partial charge on any atom is 0.194 e. The zero-order chi connectivity index (χ0) is 18.2. The van der Waals surface area contributed by atoms with Crippen LogP contribution in [0.3, 0.4) is 0 Å². The van der Waals surface area contributed by atoms with Gasteiger partial charge in [0.1, 0.15) is 0 Å². The molecule has 0 bridgehead atoms. The van der Waals surface area contributed by atoms with E-state index in [-0.39, 0.29) is 24.0 Å². The van der Waals surface area contributed by atoms with Crippen molar-refractivity contribution in [3.05, 3.63) is 71.3 Å². The highest BCUT2D eigenvalue weighted by atomic mass is 127. The maximum atomic E-state index is 12.3. The summed E-state index contributed by atoms with van der Waals surface area (Å²) >= 11 is 0. The standard InChI is InChI=1S/C21H27N3OS.HI/c1-2-22-21(24-14-12-19-10-6-7-11-20(19)16-24)23-13-15-26(25)17-18-8-4-3-5-9-18;/h3-11H,2,12-17H2,1H3,(H,22,23);1H. The molecule has 0 spiro atoms. The molecule has 0 aliphatic carbocycles. The Kier molecular flexibility index (Phi) is 9.27. The third-order valence-corrected chi connectivity index (χ3v) is 5.81. The van der Waals surface area contributed by atoms with Crippen molar-refractivity contribution in [3.63, 3.8) is 0 Å². The van der Waals surface area contributed by atoms with Crippen LogP contribution < -0.4 is 5.32 Å². The molecule has 0 saturated carbocycles. The van der Waals surface area contributed by atoms with E-state index in [0.717, 1.165) is 37.6 Å². The Labute approximate surface area is 181 Å². The Hall–Kier alpha value is -1.41. The summed E-state index contributed by atoms with van der Waals surface area (Å²) in [5.74, 6) is 2.12. The Morgan fingerprint density at radius 3 is 2.56 bits per heavy atom. The van der Waals surface area contributed by atoms with Crippen LogP contribution in [0.25, 0.3) is 0 Å². The number of guanidine groups is 1. The second kappa shape index (κ2) is 11.4. The number of nitrogens with zero attached hydrogens (tertiary/aromatic N) is 2. The molecule has 2 aromatic rings. The molecule has 27 heavy (non-hydrogen) atoms. The van der Waals surface area contributed by atoms with Crippen LogP contribution in [0.1, 0.15) is 23.6 Å². The van der Waals surface area contributed by atoms with E-state index in [4.69, 9.17) is 4.99 Å². The molecule has 1 heterocycles. The van der Waals surface area contributed by atoms with E-state index < -0.39 is 10.8 Å². The Morgan fingerprint density at radius 1 is 1.11 bits per heavy atom. The molecule has 0 saturated heterocycles. The minimum atomic E-state index is -0.886. The van der Waals surface area contributed by atoms with E-state index in [1.807, 2.05) is 30.3 Å². The SMILES string of the molecule is CCNC(=NCCS(=O)Cc1ccccc1)N1CCc2ccccc2C1.I. The van der Waals surface area contributed by atoms with Crippen molar-refractivity contribution in [2.45, 2.75) is 25.6 Å². The van der Waals surface area contributed by atoms with Crippen LogP contribution in [-0.2, 0) is 29.5 Å². The highest BCUT2D eigenvalue weighted by molar-refractivity contribution is 14.0. The molecule has 0 radical (unpaired) electrons. The number of hydrogen-bond acceptors (Lipinski definition) is 2. The average molecular weight is 497 g/mol. The third kappa shape index (κ3) is 6.60. The number of halogens is 1. The molecule has 2 aromatic carbocycles. The molecule has 3 rings (SSSR count).